The van der Waals surface area contributed by atoms with Crippen LogP contribution in [0.1, 0.15) is 36.8 Å². The maximum Gasteiger partial charge on any atom is 0.257 e. The zero-order valence-corrected chi connectivity index (χ0v) is 12.7. The fourth-order valence-electron chi connectivity index (χ4n) is 2.30. The Kier molecular flexibility index (Phi) is 4.44. The second kappa shape index (κ2) is 6.48. The molecule has 2 aliphatic carbocycles. The third kappa shape index (κ3) is 4.74. The molecule has 114 valence electrons. The Balaban J connectivity index is 1.50. The Morgan fingerprint density at radius 3 is 2.81 bits per heavy atom. The van der Waals surface area contributed by atoms with E-state index < -0.39 is 0 Å². The van der Waals surface area contributed by atoms with Crippen LogP contribution in [0.15, 0.2) is 18.2 Å². The molecule has 0 radical (unpaired) electrons. The number of nitrogens with one attached hydrogen (secondary N) is 2. The molecule has 1 aromatic rings. The molecule has 0 heterocycles. The van der Waals surface area contributed by atoms with Gasteiger partial charge >= 0.3 is 0 Å². The smallest absolute Gasteiger partial charge is 0.257 e. The highest BCUT2D eigenvalue weighted by Gasteiger charge is 2.22. The van der Waals surface area contributed by atoms with Gasteiger partial charge in [0.15, 0.2) is 6.61 Å². The van der Waals surface area contributed by atoms with Crippen LogP contribution in [0.2, 0.25) is 0 Å². The summed E-state index contributed by atoms with van der Waals surface area (Å²) < 4.78 is 5.71. The number of ether oxygens (including phenoxy) is 1. The van der Waals surface area contributed by atoms with Crippen LogP contribution in [0.4, 0.5) is 0 Å². The van der Waals surface area contributed by atoms with Crippen LogP contribution in [0, 0.1) is 12.8 Å². The predicted molar refractivity (Wildman–Crippen MR) is 82.3 cm³/mol. The van der Waals surface area contributed by atoms with Gasteiger partial charge in [-0.05, 0) is 44.6 Å². The molecule has 3 rings (SSSR count). The molecule has 0 unspecified atom stereocenters. The Bertz CT molecular complexity index is 508. The molecule has 21 heavy (non-hydrogen) atoms. The standard InChI is InChI=1S/C17H24N2O2/c1-12-2-7-16(14(8-12)10-18-15-5-6-15)21-11-17(20)19-9-13-3-4-13/h2,7-8,13,15,18H,3-6,9-11H2,1H3,(H,19,20). The van der Waals surface area contributed by atoms with Crippen molar-refractivity contribution in [3.63, 3.8) is 0 Å². The molecule has 2 aliphatic rings. The van der Waals surface area contributed by atoms with Crippen LogP contribution in [0.5, 0.6) is 5.75 Å². The Labute approximate surface area is 126 Å². The largest absolute Gasteiger partial charge is 0.483 e. The normalized spacial score (nSPS) is 17.6. The number of rotatable bonds is 8. The minimum absolute atomic E-state index is 0.0245. The van der Waals surface area contributed by atoms with E-state index in [-0.39, 0.29) is 12.5 Å². The predicted octanol–water partition coefficient (Wildman–Crippen LogP) is 2.15. The molecular formula is C17H24N2O2. The van der Waals surface area contributed by atoms with Gasteiger partial charge in [0.05, 0.1) is 0 Å². The first-order valence-corrected chi connectivity index (χ1v) is 7.93. The summed E-state index contributed by atoms with van der Waals surface area (Å²) in [5.41, 5.74) is 2.35. The van der Waals surface area contributed by atoms with Crippen molar-refractivity contribution in [3.05, 3.63) is 29.3 Å². The topological polar surface area (TPSA) is 50.4 Å². The number of aryl methyl sites for hydroxylation is 1. The summed E-state index contributed by atoms with van der Waals surface area (Å²) in [4.78, 5) is 11.8. The Hall–Kier alpha value is -1.55. The number of carbonyl (C=O) groups is 1. The minimum atomic E-state index is -0.0245. The highest BCUT2D eigenvalue weighted by Crippen LogP contribution is 2.27. The zero-order chi connectivity index (χ0) is 14.7. The van der Waals surface area contributed by atoms with Crippen molar-refractivity contribution in [2.75, 3.05) is 13.2 Å². The fourth-order valence-corrected chi connectivity index (χ4v) is 2.30. The molecule has 0 spiro atoms. The average molecular weight is 288 g/mol. The summed E-state index contributed by atoms with van der Waals surface area (Å²) in [7, 11) is 0. The van der Waals surface area contributed by atoms with E-state index in [0.29, 0.717) is 12.0 Å². The van der Waals surface area contributed by atoms with Crippen molar-refractivity contribution in [2.24, 2.45) is 5.92 Å². The third-order valence-corrected chi connectivity index (χ3v) is 4.02. The lowest BCUT2D eigenvalue weighted by Gasteiger charge is -2.13. The van der Waals surface area contributed by atoms with Crippen LogP contribution < -0.4 is 15.4 Å². The quantitative estimate of drug-likeness (QED) is 0.770. The summed E-state index contributed by atoms with van der Waals surface area (Å²) in [6.07, 6.45) is 5.03. The second-order valence-corrected chi connectivity index (χ2v) is 6.30. The van der Waals surface area contributed by atoms with E-state index in [1.165, 1.54) is 31.2 Å². The van der Waals surface area contributed by atoms with E-state index in [1.807, 2.05) is 12.1 Å². The molecule has 1 amide bonds. The lowest BCUT2D eigenvalue weighted by molar-refractivity contribution is -0.123. The Morgan fingerprint density at radius 2 is 2.10 bits per heavy atom. The van der Waals surface area contributed by atoms with E-state index in [2.05, 4.69) is 23.6 Å². The highest BCUT2D eigenvalue weighted by atomic mass is 16.5. The maximum atomic E-state index is 11.8. The van der Waals surface area contributed by atoms with E-state index >= 15 is 0 Å². The molecule has 0 aliphatic heterocycles. The van der Waals surface area contributed by atoms with Gasteiger partial charge in [-0.25, -0.2) is 0 Å². The third-order valence-electron chi connectivity index (χ3n) is 4.02. The fraction of sp³-hybridized carbons (Fsp3) is 0.588. The number of carbonyl (C=O) groups excluding carboxylic acids is 1. The van der Waals surface area contributed by atoms with E-state index in [4.69, 9.17) is 4.74 Å². The molecule has 4 nitrogen and oxygen atoms in total. The van der Waals surface area contributed by atoms with Gasteiger partial charge in [0, 0.05) is 24.7 Å². The second-order valence-electron chi connectivity index (χ2n) is 6.30. The molecule has 2 N–H and O–H groups in total. The summed E-state index contributed by atoms with van der Waals surface area (Å²) in [6.45, 7) is 3.79. The highest BCUT2D eigenvalue weighted by molar-refractivity contribution is 5.77. The van der Waals surface area contributed by atoms with Crippen molar-refractivity contribution < 1.29 is 9.53 Å². The Morgan fingerprint density at radius 1 is 1.29 bits per heavy atom. The van der Waals surface area contributed by atoms with Gasteiger partial charge < -0.3 is 15.4 Å². The molecule has 1 aromatic carbocycles. The van der Waals surface area contributed by atoms with Crippen LogP contribution in [0.3, 0.4) is 0 Å². The monoisotopic (exact) mass is 288 g/mol. The molecule has 0 saturated heterocycles. The average Bonchev–Trinajstić information content (AvgIpc) is 3.36. The van der Waals surface area contributed by atoms with Gasteiger partial charge in [0.2, 0.25) is 0 Å². The first-order chi connectivity index (χ1) is 10.2. The van der Waals surface area contributed by atoms with Crippen molar-refractivity contribution in [2.45, 2.75) is 45.2 Å². The van der Waals surface area contributed by atoms with Gasteiger partial charge in [-0.1, -0.05) is 17.7 Å². The van der Waals surface area contributed by atoms with Gasteiger partial charge in [0.25, 0.3) is 5.91 Å². The lowest BCUT2D eigenvalue weighted by atomic mass is 10.1. The summed E-state index contributed by atoms with van der Waals surface area (Å²) in [5, 5.41) is 6.42. The van der Waals surface area contributed by atoms with E-state index in [1.54, 1.807) is 0 Å². The molecule has 2 fully saturated rings. The maximum absolute atomic E-state index is 11.8. The van der Waals surface area contributed by atoms with Gasteiger partial charge in [-0.3, -0.25) is 4.79 Å². The number of amides is 1. The van der Waals surface area contributed by atoms with Crippen LogP contribution in [-0.2, 0) is 11.3 Å². The number of hydrogen-bond donors (Lipinski definition) is 2. The molecule has 0 bridgehead atoms. The van der Waals surface area contributed by atoms with Gasteiger partial charge in [-0.2, -0.15) is 0 Å². The van der Waals surface area contributed by atoms with E-state index in [0.717, 1.165) is 24.4 Å². The number of hydrogen-bond acceptors (Lipinski definition) is 3. The SMILES string of the molecule is Cc1ccc(OCC(=O)NCC2CC2)c(CNC2CC2)c1. The molecule has 0 aromatic heterocycles. The van der Waals surface area contributed by atoms with Crippen LogP contribution >= 0.6 is 0 Å². The number of benzene rings is 1. The lowest BCUT2D eigenvalue weighted by Crippen LogP contribution is -2.30. The first-order valence-electron chi connectivity index (χ1n) is 7.93. The molecule has 4 heteroatoms. The van der Waals surface area contributed by atoms with Crippen molar-refractivity contribution in [3.8, 4) is 5.75 Å². The van der Waals surface area contributed by atoms with Gasteiger partial charge in [-0.15, -0.1) is 0 Å². The summed E-state index contributed by atoms with van der Waals surface area (Å²) in [6, 6.07) is 6.79. The first kappa shape index (κ1) is 14.4. The van der Waals surface area contributed by atoms with Crippen molar-refractivity contribution in [1.29, 1.82) is 0 Å². The van der Waals surface area contributed by atoms with Gasteiger partial charge in [0.1, 0.15) is 5.75 Å². The van der Waals surface area contributed by atoms with Crippen molar-refractivity contribution >= 4 is 5.91 Å². The van der Waals surface area contributed by atoms with Crippen molar-refractivity contribution in [1.82, 2.24) is 10.6 Å². The summed E-state index contributed by atoms with van der Waals surface area (Å²) in [5.74, 6) is 1.49. The van der Waals surface area contributed by atoms with E-state index in [9.17, 15) is 4.79 Å². The summed E-state index contributed by atoms with van der Waals surface area (Å²) >= 11 is 0. The van der Waals surface area contributed by atoms with Crippen LogP contribution in [-0.4, -0.2) is 25.1 Å². The molecule has 0 atom stereocenters. The molecule has 2 saturated carbocycles. The molecular weight excluding hydrogens is 264 g/mol. The zero-order valence-electron chi connectivity index (χ0n) is 12.7. The van der Waals surface area contributed by atoms with Crippen LogP contribution in [0.25, 0.3) is 0 Å². The minimum Gasteiger partial charge on any atom is -0.483 e.